The minimum absolute atomic E-state index is 0.00942. The van der Waals surface area contributed by atoms with Crippen molar-refractivity contribution in [1.82, 2.24) is 20.1 Å². The van der Waals surface area contributed by atoms with E-state index in [0.29, 0.717) is 30.9 Å². The number of nitrogens with one attached hydrogen (secondary N) is 1. The summed E-state index contributed by atoms with van der Waals surface area (Å²) in [4.78, 5) is 58.5. The third kappa shape index (κ3) is 5.05. The van der Waals surface area contributed by atoms with Crippen molar-refractivity contribution in [1.29, 1.82) is 0 Å². The number of hydrogen-bond acceptors (Lipinski definition) is 7. The molecule has 0 spiro atoms. The van der Waals surface area contributed by atoms with Crippen molar-refractivity contribution >= 4 is 35.0 Å². The number of ketones is 1. The normalized spacial score (nSPS) is 20.5. The summed E-state index contributed by atoms with van der Waals surface area (Å²) >= 11 is 1.28. The Balaban J connectivity index is 1.42. The van der Waals surface area contributed by atoms with Gasteiger partial charge in [0.25, 0.3) is 0 Å². The standard InChI is InChI=1S/C23H26N4O5S/c1-2-5-16(25-23(31)32-20-7-4-11-33-20)22(30)26-10-8-17-21(26)18(28)14-27(17)19(29)12-15-6-3-9-24-13-15/h3-4,6-7,9,11,13,16-17,21H,2,5,8,10,12,14H2,1H3,(H,25,31). The van der Waals surface area contributed by atoms with Crippen LogP contribution in [0.1, 0.15) is 31.7 Å². The molecule has 4 rings (SSSR count). The minimum atomic E-state index is -0.797. The number of rotatable bonds is 7. The second kappa shape index (κ2) is 10.1. The lowest BCUT2D eigenvalue weighted by Crippen LogP contribution is -2.53. The Hall–Kier alpha value is -3.27. The lowest BCUT2D eigenvalue weighted by atomic mass is 10.1. The van der Waals surface area contributed by atoms with Crippen molar-refractivity contribution in [3.05, 3.63) is 47.6 Å². The van der Waals surface area contributed by atoms with E-state index in [0.717, 1.165) is 5.56 Å². The fourth-order valence-corrected chi connectivity index (χ4v) is 5.07. The van der Waals surface area contributed by atoms with Crippen LogP contribution in [0.25, 0.3) is 0 Å². The molecule has 0 bridgehead atoms. The average Bonchev–Trinajstić information content (AvgIpc) is 3.53. The fourth-order valence-electron chi connectivity index (χ4n) is 4.50. The molecule has 2 saturated heterocycles. The van der Waals surface area contributed by atoms with E-state index in [4.69, 9.17) is 4.74 Å². The number of Topliss-reactive ketones (excluding diaryl/α,β-unsaturated/α-hetero) is 1. The van der Waals surface area contributed by atoms with Crippen LogP contribution in [0.5, 0.6) is 5.06 Å². The van der Waals surface area contributed by atoms with E-state index >= 15 is 0 Å². The molecule has 33 heavy (non-hydrogen) atoms. The number of thiophene rings is 1. The predicted octanol–water partition coefficient (Wildman–Crippen LogP) is 2.02. The van der Waals surface area contributed by atoms with Crippen molar-refractivity contribution in [3.8, 4) is 5.06 Å². The van der Waals surface area contributed by atoms with Crippen LogP contribution in [0, 0.1) is 0 Å². The summed E-state index contributed by atoms with van der Waals surface area (Å²) in [6.45, 7) is 2.27. The molecule has 0 aliphatic carbocycles. The van der Waals surface area contributed by atoms with Gasteiger partial charge in [0.1, 0.15) is 12.1 Å². The van der Waals surface area contributed by atoms with Crippen molar-refractivity contribution in [2.75, 3.05) is 13.1 Å². The Labute approximate surface area is 195 Å². The van der Waals surface area contributed by atoms with Gasteiger partial charge in [-0.05, 0) is 42.0 Å². The van der Waals surface area contributed by atoms with Crippen LogP contribution in [-0.2, 0) is 20.8 Å². The van der Waals surface area contributed by atoms with E-state index in [1.807, 2.05) is 13.0 Å². The lowest BCUT2D eigenvalue weighted by molar-refractivity contribution is -0.138. The highest BCUT2D eigenvalue weighted by Crippen LogP contribution is 2.31. The maximum atomic E-state index is 13.3. The first-order chi connectivity index (χ1) is 16.0. The zero-order valence-electron chi connectivity index (χ0n) is 18.3. The molecule has 2 aromatic rings. The largest absolute Gasteiger partial charge is 0.414 e. The molecule has 0 saturated carbocycles. The van der Waals surface area contributed by atoms with Crippen molar-refractivity contribution < 1.29 is 23.9 Å². The van der Waals surface area contributed by atoms with Gasteiger partial charge < -0.3 is 19.9 Å². The SMILES string of the molecule is CCCC(NC(=O)Oc1cccs1)C(=O)N1CCC2C1C(=O)CN2C(=O)Cc1cccnc1. The van der Waals surface area contributed by atoms with Gasteiger partial charge in [0, 0.05) is 18.9 Å². The topological polar surface area (TPSA) is 109 Å². The van der Waals surface area contributed by atoms with Crippen LogP contribution in [0.2, 0.25) is 0 Å². The van der Waals surface area contributed by atoms with Gasteiger partial charge in [0.2, 0.25) is 11.8 Å². The molecule has 2 aliphatic rings. The molecule has 3 unspecified atom stereocenters. The summed E-state index contributed by atoms with van der Waals surface area (Å²) in [6, 6.07) is 5.20. The van der Waals surface area contributed by atoms with Crippen LogP contribution in [0.15, 0.2) is 42.0 Å². The highest BCUT2D eigenvalue weighted by molar-refractivity contribution is 7.11. The molecule has 2 aromatic heterocycles. The van der Waals surface area contributed by atoms with Crippen LogP contribution in [0.4, 0.5) is 4.79 Å². The molecular formula is C23H26N4O5S. The summed E-state index contributed by atoms with van der Waals surface area (Å²) in [5, 5.41) is 4.87. The monoisotopic (exact) mass is 470 g/mol. The molecule has 2 aliphatic heterocycles. The fraction of sp³-hybridized carbons (Fsp3) is 0.435. The molecule has 10 heteroatoms. The van der Waals surface area contributed by atoms with E-state index in [1.165, 1.54) is 16.2 Å². The number of likely N-dealkylation sites (tertiary alicyclic amines) is 2. The van der Waals surface area contributed by atoms with Gasteiger partial charge in [-0.2, -0.15) is 0 Å². The molecule has 9 nitrogen and oxygen atoms in total. The van der Waals surface area contributed by atoms with Gasteiger partial charge in [0.15, 0.2) is 10.8 Å². The van der Waals surface area contributed by atoms with Gasteiger partial charge in [0.05, 0.1) is 19.0 Å². The second-order valence-corrected chi connectivity index (χ2v) is 9.08. The average molecular weight is 471 g/mol. The Bertz CT molecular complexity index is 1010. The number of carbonyl (C=O) groups excluding carboxylic acids is 4. The molecule has 3 atom stereocenters. The van der Waals surface area contributed by atoms with Crippen LogP contribution < -0.4 is 10.1 Å². The number of aromatic nitrogens is 1. The van der Waals surface area contributed by atoms with E-state index in [1.54, 1.807) is 40.9 Å². The van der Waals surface area contributed by atoms with Crippen molar-refractivity contribution in [3.63, 3.8) is 0 Å². The summed E-state index contributed by atoms with van der Waals surface area (Å²) in [5.41, 5.74) is 0.779. The van der Waals surface area contributed by atoms with E-state index in [2.05, 4.69) is 10.3 Å². The zero-order chi connectivity index (χ0) is 23.4. The predicted molar refractivity (Wildman–Crippen MR) is 121 cm³/mol. The molecule has 174 valence electrons. The van der Waals surface area contributed by atoms with Gasteiger partial charge in [-0.1, -0.05) is 19.4 Å². The van der Waals surface area contributed by atoms with Crippen LogP contribution >= 0.6 is 11.3 Å². The number of amides is 3. The summed E-state index contributed by atoms with van der Waals surface area (Å²) in [7, 11) is 0. The van der Waals surface area contributed by atoms with Gasteiger partial charge >= 0.3 is 6.09 Å². The first kappa shape index (κ1) is 22.9. The highest BCUT2D eigenvalue weighted by Gasteiger charge is 2.52. The maximum absolute atomic E-state index is 13.3. The molecule has 3 amide bonds. The molecule has 2 fully saturated rings. The summed E-state index contributed by atoms with van der Waals surface area (Å²) in [5.74, 6) is -0.620. The molecule has 1 N–H and O–H groups in total. The third-order valence-corrected chi connectivity index (χ3v) is 6.70. The molecule has 0 radical (unpaired) electrons. The Morgan fingerprint density at radius 3 is 2.82 bits per heavy atom. The smallest absolute Gasteiger partial charge is 0.399 e. The van der Waals surface area contributed by atoms with Crippen molar-refractivity contribution in [2.45, 2.75) is 50.7 Å². The number of carbonyl (C=O) groups is 4. The molecule has 4 heterocycles. The van der Waals surface area contributed by atoms with E-state index in [-0.39, 0.29) is 36.6 Å². The number of hydrogen-bond donors (Lipinski definition) is 1. The summed E-state index contributed by atoms with van der Waals surface area (Å²) in [6.07, 6.45) is 4.35. The van der Waals surface area contributed by atoms with Gasteiger partial charge in [-0.15, -0.1) is 11.3 Å². The molecular weight excluding hydrogens is 444 g/mol. The summed E-state index contributed by atoms with van der Waals surface area (Å²) < 4.78 is 5.23. The number of fused-ring (bicyclic) bond motifs is 1. The van der Waals surface area contributed by atoms with Crippen molar-refractivity contribution in [2.24, 2.45) is 0 Å². The quantitative estimate of drug-likeness (QED) is 0.663. The highest BCUT2D eigenvalue weighted by atomic mass is 32.1. The van der Waals surface area contributed by atoms with E-state index in [9.17, 15) is 19.2 Å². The zero-order valence-corrected chi connectivity index (χ0v) is 19.1. The third-order valence-electron chi connectivity index (χ3n) is 5.96. The van der Waals surface area contributed by atoms with Crippen LogP contribution in [0.3, 0.4) is 0 Å². The Morgan fingerprint density at radius 2 is 2.12 bits per heavy atom. The second-order valence-electron chi connectivity index (χ2n) is 8.17. The minimum Gasteiger partial charge on any atom is -0.399 e. The van der Waals surface area contributed by atoms with E-state index < -0.39 is 18.2 Å². The lowest BCUT2D eigenvalue weighted by Gasteiger charge is -2.28. The first-order valence-corrected chi connectivity index (χ1v) is 11.9. The number of ether oxygens (including phenoxy) is 1. The first-order valence-electron chi connectivity index (χ1n) is 11.0. The Kier molecular flexibility index (Phi) is 7.02. The van der Waals surface area contributed by atoms with Gasteiger partial charge in [-0.3, -0.25) is 19.4 Å². The number of pyridine rings is 1. The Morgan fingerprint density at radius 1 is 1.27 bits per heavy atom. The van der Waals surface area contributed by atoms with Crippen LogP contribution in [-0.4, -0.2) is 69.7 Å². The maximum Gasteiger partial charge on any atom is 0.414 e. The van der Waals surface area contributed by atoms with Gasteiger partial charge in [-0.25, -0.2) is 4.79 Å². The number of nitrogens with zero attached hydrogens (tertiary/aromatic N) is 3. The molecule has 0 aromatic carbocycles.